The number of nitrogens with two attached hydrogens (primary N) is 1. The number of nitrogens with zero attached hydrogens (tertiary/aromatic N) is 5. The zero-order valence-corrected chi connectivity index (χ0v) is 9.50. The van der Waals surface area contributed by atoms with Crippen molar-refractivity contribution in [3.8, 4) is 5.82 Å². The average Bonchev–Trinajstić information content (AvgIpc) is 2.87. The summed E-state index contributed by atoms with van der Waals surface area (Å²) >= 11 is 0. The number of aryl methyl sites for hydroxylation is 1. The van der Waals surface area contributed by atoms with Crippen LogP contribution in [0.4, 0.5) is 0 Å². The Balaban J connectivity index is 2.07. The monoisotopic (exact) mass is 230 g/mol. The Hall–Kier alpha value is -1.82. The maximum absolute atomic E-state index is 5.51. The molecule has 0 aromatic carbocycles. The summed E-state index contributed by atoms with van der Waals surface area (Å²) in [6, 6.07) is 0. The lowest BCUT2D eigenvalue weighted by atomic mass is 9.96. The van der Waals surface area contributed by atoms with E-state index in [1.165, 1.54) is 18.4 Å². The smallest absolute Gasteiger partial charge is 0.164 e. The first-order valence-corrected chi connectivity index (χ1v) is 5.82. The fourth-order valence-electron chi connectivity index (χ4n) is 2.19. The molecule has 0 radical (unpaired) electrons. The molecule has 0 bridgehead atoms. The summed E-state index contributed by atoms with van der Waals surface area (Å²) in [7, 11) is 0. The van der Waals surface area contributed by atoms with Crippen molar-refractivity contribution in [3.05, 3.63) is 29.7 Å². The van der Waals surface area contributed by atoms with Gasteiger partial charge in [-0.3, -0.25) is 0 Å². The van der Waals surface area contributed by atoms with Crippen LogP contribution in [0.5, 0.6) is 0 Å². The van der Waals surface area contributed by atoms with E-state index >= 15 is 0 Å². The Bertz CT molecular complexity index is 533. The Morgan fingerprint density at radius 2 is 2.06 bits per heavy atom. The van der Waals surface area contributed by atoms with Crippen molar-refractivity contribution < 1.29 is 0 Å². The third kappa shape index (κ3) is 1.80. The second-order valence-corrected chi connectivity index (χ2v) is 4.14. The molecule has 6 heteroatoms. The van der Waals surface area contributed by atoms with E-state index < -0.39 is 0 Å². The van der Waals surface area contributed by atoms with Crippen LogP contribution in [0.2, 0.25) is 0 Å². The van der Waals surface area contributed by atoms with Gasteiger partial charge >= 0.3 is 0 Å². The SMILES string of the molecule is NCc1ncn(-c2ncnc3c2CCCC3)n1. The van der Waals surface area contributed by atoms with Gasteiger partial charge in [-0.15, -0.1) is 5.10 Å². The average molecular weight is 230 g/mol. The van der Waals surface area contributed by atoms with Crippen LogP contribution in [0.25, 0.3) is 5.82 Å². The highest BCUT2D eigenvalue weighted by molar-refractivity contribution is 5.37. The molecule has 1 aliphatic carbocycles. The van der Waals surface area contributed by atoms with Gasteiger partial charge in [-0.05, 0) is 25.7 Å². The third-order valence-electron chi connectivity index (χ3n) is 3.04. The van der Waals surface area contributed by atoms with Crippen molar-refractivity contribution in [2.75, 3.05) is 0 Å². The van der Waals surface area contributed by atoms with E-state index in [2.05, 4.69) is 20.1 Å². The van der Waals surface area contributed by atoms with Gasteiger partial charge in [0, 0.05) is 11.3 Å². The van der Waals surface area contributed by atoms with Gasteiger partial charge in [0.15, 0.2) is 11.6 Å². The molecule has 88 valence electrons. The molecule has 0 spiro atoms. The van der Waals surface area contributed by atoms with Crippen molar-refractivity contribution >= 4 is 0 Å². The molecule has 3 rings (SSSR count). The molecule has 0 saturated heterocycles. The van der Waals surface area contributed by atoms with E-state index in [4.69, 9.17) is 5.73 Å². The molecule has 6 nitrogen and oxygen atoms in total. The lowest BCUT2D eigenvalue weighted by Gasteiger charge is -2.16. The molecule has 1 aliphatic rings. The third-order valence-corrected chi connectivity index (χ3v) is 3.04. The minimum atomic E-state index is 0.347. The van der Waals surface area contributed by atoms with Crippen molar-refractivity contribution in [1.82, 2.24) is 24.7 Å². The molecule has 0 atom stereocenters. The maximum atomic E-state index is 5.51. The molecule has 0 saturated carbocycles. The molecule has 17 heavy (non-hydrogen) atoms. The van der Waals surface area contributed by atoms with E-state index in [1.807, 2.05) is 0 Å². The van der Waals surface area contributed by atoms with Crippen molar-refractivity contribution in [2.24, 2.45) is 5.73 Å². The molecule has 2 heterocycles. The minimum Gasteiger partial charge on any atom is -0.324 e. The number of hydrogen-bond acceptors (Lipinski definition) is 5. The predicted molar refractivity (Wildman–Crippen MR) is 61.5 cm³/mol. The quantitative estimate of drug-likeness (QED) is 0.807. The highest BCUT2D eigenvalue weighted by Gasteiger charge is 2.17. The summed E-state index contributed by atoms with van der Waals surface area (Å²) < 4.78 is 1.70. The predicted octanol–water partition coefficient (Wildman–Crippen LogP) is 0.395. The van der Waals surface area contributed by atoms with E-state index in [0.29, 0.717) is 12.4 Å². The zero-order chi connectivity index (χ0) is 11.7. The second-order valence-electron chi connectivity index (χ2n) is 4.14. The van der Waals surface area contributed by atoms with Crippen LogP contribution in [-0.4, -0.2) is 24.7 Å². The van der Waals surface area contributed by atoms with Crippen molar-refractivity contribution in [1.29, 1.82) is 0 Å². The molecule has 2 aromatic rings. The van der Waals surface area contributed by atoms with Gasteiger partial charge in [0.25, 0.3) is 0 Å². The summed E-state index contributed by atoms with van der Waals surface area (Å²) in [6.45, 7) is 0.347. The van der Waals surface area contributed by atoms with Gasteiger partial charge < -0.3 is 5.73 Å². The Morgan fingerprint density at radius 1 is 1.18 bits per heavy atom. The van der Waals surface area contributed by atoms with Gasteiger partial charge in [-0.1, -0.05) is 0 Å². The second kappa shape index (κ2) is 4.21. The Morgan fingerprint density at radius 3 is 2.88 bits per heavy atom. The maximum Gasteiger partial charge on any atom is 0.164 e. The Labute approximate surface area is 98.9 Å². The van der Waals surface area contributed by atoms with Crippen LogP contribution in [0.1, 0.15) is 29.9 Å². The standard InChI is InChI=1S/C11H14N6/c12-5-10-15-7-17(16-10)11-8-3-1-2-4-9(8)13-6-14-11/h6-7H,1-5,12H2. The lowest BCUT2D eigenvalue weighted by Crippen LogP contribution is -2.12. The lowest BCUT2D eigenvalue weighted by molar-refractivity contribution is 0.648. The van der Waals surface area contributed by atoms with Crippen molar-refractivity contribution in [3.63, 3.8) is 0 Å². The summed E-state index contributed by atoms with van der Waals surface area (Å²) in [5, 5.41) is 4.30. The van der Waals surface area contributed by atoms with Crippen LogP contribution in [0.15, 0.2) is 12.7 Å². The first-order chi connectivity index (χ1) is 8.38. The van der Waals surface area contributed by atoms with Crippen LogP contribution in [0.3, 0.4) is 0 Å². The Kier molecular flexibility index (Phi) is 2.56. The highest BCUT2D eigenvalue weighted by atomic mass is 15.4. The van der Waals surface area contributed by atoms with Gasteiger partial charge in [0.05, 0.1) is 6.54 Å². The molecular formula is C11H14N6. The van der Waals surface area contributed by atoms with Gasteiger partial charge in [0.1, 0.15) is 12.7 Å². The van der Waals surface area contributed by atoms with Crippen LogP contribution >= 0.6 is 0 Å². The minimum absolute atomic E-state index is 0.347. The highest BCUT2D eigenvalue weighted by Crippen LogP contribution is 2.22. The number of rotatable bonds is 2. The topological polar surface area (TPSA) is 82.5 Å². The molecule has 2 N–H and O–H groups in total. The fourth-order valence-corrected chi connectivity index (χ4v) is 2.19. The molecule has 0 amide bonds. The van der Waals surface area contributed by atoms with Crippen LogP contribution in [-0.2, 0) is 19.4 Å². The van der Waals surface area contributed by atoms with Gasteiger partial charge in [0.2, 0.25) is 0 Å². The first-order valence-electron chi connectivity index (χ1n) is 5.82. The van der Waals surface area contributed by atoms with Gasteiger partial charge in [-0.25, -0.2) is 19.6 Å². The number of aromatic nitrogens is 5. The van der Waals surface area contributed by atoms with E-state index in [-0.39, 0.29) is 0 Å². The zero-order valence-electron chi connectivity index (χ0n) is 9.50. The fraction of sp³-hybridized carbons (Fsp3) is 0.455. The molecule has 0 aliphatic heterocycles. The molecule has 0 fully saturated rings. The van der Waals surface area contributed by atoms with E-state index in [9.17, 15) is 0 Å². The van der Waals surface area contributed by atoms with Gasteiger partial charge in [-0.2, -0.15) is 0 Å². The largest absolute Gasteiger partial charge is 0.324 e. The number of hydrogen-bond donors (Lipinski definition) is 1. The molecule has 0 unspecified atom stereocenters. The van der Waals surface area contributed by atoms with Crippen molar-refractivity contribution in [2.45, 2.75) is 32.2 Å². The van der Waals surface area contributed by atoms with Crippen LogP contribution in [0, 0.1) is 0 Å². The summed E-state index contributed by atoms with van der Waals surface area (Å²) in [6.07, 6.45) is 7.70. The van der Waals surface area contributed by atoms with E-state index in [0.717, 1.165) is 24.4 Å². The summed E-state index contributed by atoms with van der Waals surface area (Å²) in [4.78, 5) is 12.8. The van der Waals surface area contributed by atoms with E-state index in [1.54, 1.807) is 17.3 Å². The normalized spacial score (nSPS) is 14.6. The van der Waals surface area contributed by atoms with Crippen LogP contribution < -0.4 is 5.73 Å². The molecular weight excluding hydrogens is 216 g/mol. The number of fused-ring (bicyclic) bond motifs is 1. The molecule has 2 aromatic heterocycles. The first kappa shape index (κ1) is 10.3. The summed E-state index contributed by atoms with van der Waals surface area (Å²) in [5.41, 5.74) is 7.85. The summed E-state index contributed by atoms with van der Waals surface area (Å²) in [5.74, 6) is 1.48.